The first kappa shape index (κ1) is 14.2. The molecule has 0 amide bonds. The molecule has 1 aliphatic rings. The van der Waals surface area contributed by atoms with E-state index in [4.69, 9.17) is 4.74 Å². The minimum atomic E-state index is -0.956. The van der Waals surface area contributed by atoms with Crippen molar-refractivity contribution < 1.29 is 9.84 Å². The van der Waals surface area contributed by atoms with E-state index in [2.05, 4.69) is 17.2 Å². The van der Waals surface area contributed by atoms with Gasteiger partial charge in [0.15, 0.2) is 0 Å². The van der Waals surface area contributed by atoms with Crippen molar-refractivity contribution in [2.75, 3.05) is 6.61 Å². The van der Waals surface area contributed by atoms with Crippen LogP contribution in [0.4, 0.5) is 0 Å². The van der Waals surface area contributed by atoms with Gasteiger partial charge in [0, 0.05) is 12.8 Å². The molecule has 0 radical (unpaired) electrons. The molecule has 21 heavy (non-hydrogen) atoms. The van der Waals surface area contributed by atoms with Crippen molar-refractivity contribution in [3.63, 3.8) is 0 Å². The Morgan fingerprint density at radius 2 is 2.10 bits per heavy atom. The topological polar surface area (TPSA) is 60.2 Å². The molecule has 0 bridgehead atoms. The maximum atomic E-state index is 11.2. The molecular weight excluding hydrogens is 266 g/mol. The van der Waals surface area contributed by atoms with Gasteiger partial charge in [-0.1, -0.05) is 30.3 Å². The Labute approximate surface area is 124 Å². The van der Waals surface area contributed by atoms with Gasteiger partial charge in [-0.05, 0) is 25.5 Å². The van der Waals surface area contributed by atoms with Crippen LogP contribution in [-0.4, -0.2) is 32.3 Å². The molecule has 1 aliphatic heterocycles. The number of hydrogen-bond acceptors (Lipinski definition) is 4. The number of nitrogens with zero attached hydrogens (tertiary/aromatic N) is 3. The van der Waals surface area contributed by atoms with Gasteiger partial charge in [-0.15, -0.1) is 5.10 Å². The molecule has 2 atom stereocenters. The summed E-state index contributed by atoms with van der Waals surface area (Å²) in [5, 5.41) is 19.3. The van der Waals surface area contributed by atoms with Crippen molar-refractivity contribution in [1.82, 2.24) is 15.0 Å². The molecular formula is C16H21N3O2. The lowest BCUT2D eigenvalue weighted by atomic mass is 9.80. The molecule has 0 spiro atoms. The molecule has 2 unspecified atom stereocenters. The quantitative estimate of drug-likeness (QED) is 0.942. The fraction of sp³-hybridized carbons (Fsp3) is 0.500. The fourth-order valence-electron chi connectivity index (χ4n) is 2.98. The van der Waals surface area contributed by atoms with Gasteiger partial charge >= 0.3 is 0 Å². The molecule has 2 aromatic rings. The van der Waals surface area contributed by atoms with Crippen LogP contribution in [0, 0.1) is 0 Å². The highest BCUT2D eigenvalue weighted by Gasteiger charge is 2.44. The van der Waals surface area contributed by atoms with Crippen LogP contribution in [0.3, 0.4) is 0 Å². The molecule has 1 aromatic heterocycles. The van der Waals surface area contributed by atoms with Crippen LogP contribution in [0.25, 0.3) is 5.69 Å². The molecule has 0 aliphatic carbocycles. The zero-order valence-corrected chi connectivity index (χ0v) is 12.5. The Morgan fingerprint density at radius 3 is 2.81 bits per heavy atom. The van der Waals surface area contributed by atoms with Crippen LogP contribution in [0.2, 0.25) is 0 Å². The van der Waals surface area contributed by atoms with Crippen LogP contribution in [0.1, 0.15) is 38.8 Å². The van der Waals surface area contributed by atoms with E-state index in [0.717, 1.165) is 17.8 Å². The largest absolute Gasteiger partial charge is 0.383 e. The van der Waals surface area contributed by atoms with E-state index in [-0.39, 0.29) is 5.60 Å². The second-order valence-electron chi connectivity index (χ2n) is 5.98. The maximum Gasteiger partial charge on any atom is 0.113 e. The van der Waals surface area contributed by atoms with E-state index >= 15 is 0 Å². The average molecular weight is 287 g/mol. The lowest BCUT2D eigenvalue weighted by Crippen LogP contribution is -2.46. The first-order valence-electron chi connectivity index (χ1n) is 7.39. The summed E-state index contributed by atoms with van der Waals surface area (Å²) in [6, 6.07) is 9.77. The highest BCUT2D eigenvalue weighted by molar-refractivity contribution is 5.33. The minimum absolute atomic E-state index is 0.307. The number of aromatic nitrogens is 3. The lowest BCUT2D eigenvalue weighted by Gasteiger charge is -2.42. The Kier molecular flexibility index (Phi) is 3.55. The van der Waals surface area contributed by atoms with Crippen molar-refractivity contribution in [3.05, 3.63) is 42.2 Å². The highest BCUT2D eigenvalue weighted by Crippen LogP contribution is 2.41. The van der Waals surface area contributed by atoms with Crippen molar-refractivity contribution in [2.24, 2.45) is 0 Å². The van der Waals surface area contributed by atoms with E-state index in [9.17, 15) is 5.11 Å². The lowest BCUT2D eigenvalue weighted by molar-refractivity contribution is -0.159. The summed E-state index contributed by atoms with van der Waals surface area (Å²) in [7, 11) is 0. The van der Waals surface area contributed by atoms with Crippen molar-refractivity contribution >= 4 is 0 Å². The van der Waals surface area contributed by atoms with E-state index < -0.39 is 5.60 Å². The van der Waals surface area contributed by atoms with Gasteiger partial charge in [-0.25, -0.2) is 4.68 Å². The summed E-state index contributed by atoms with van der Waals surface area (Å²) in [6.45, 7) is 4.67. The molecule has 5 heteroatoms. The van der Waals surface area contributed by atoms with Crippen LogP contribution in [0.5, 0.6) is 0 Å². The van der Waals surface area contributed by atoms with Crippen molar-refractivity contribution in [3.8, 4) is 5.69 Å². The summed E-state index contributed by atoms with van der Waals surface area (Å²) in [4.78, 5) is 0. The van der Waals surface area contributed by atoms with Gasteiger partial charge in [0.1, 0.15) is 5.60 Å². The standard InChI is InChI=1S/C16H21N3O2/c1-3-15(2)12-16(20,9-10-21-15)14-11-17-18-19(14)13-7-5-4-6-8-13/h4-8,11,20H,3,9-10,12H2,1-2H3. The van der Waals surface area contributed by atoms with Gasteiger partial charge in [-0.3, -0.25) is 0 Å². The van der Waals surface area contributed by atoms with Crippen LogP contribution >= 0.6 is 0 Å². The first-order valence-corrected chi connectivity index (χ1v) is 7.39. The number of para-hydroxylation sites is 1. The smallest absolute Gasteiger partial charge is 0.113 e. The van der Waals surface area contributed by atoms with Crippen molar-refractivity contribution in [1.29, 1.82) is 0 Å². The molecule has 3 rings (SSSR count). The third kappa shape index (κ3) is 2.59. The van der Waals surface area contributed by atoms with Gasteiger partial charge in [0.2, 0.25) is 0 Å². The molecule has 1 aromatic carbocycles. The summed E-state index contributed by atoms with van der Waals surface area (Å²) in [6.07, 6.45) is 3.64. The zero-order valence-electron chi connectivity index (χ0n) is 12.5. The number of hydrogen-bond donors (Lipinski definition) is 1. The SMILES string of the molecule is CCC1(C)CC(O)(c2cnnn2-c2ccccc2)CCO1. The Morgan fingerprint density at radius 1 is 1.33 bits per heavy atom. The Hall–Kier alpha value is -1.72. The van der Waals surface area contributed by atoms with Gasteiger partial charge < -0.3 is 9.84 Å². The van der Waals surface area contributed by atoms with Crippen LogP contribution in [0.15, 0.2) is 36.5 Å². The average Bonchev–Trinajstić information content (AvgIpc) is 2.98. The van der Waals surface area contributed by atoms with Crippen molar-refractivity contribution in [2.45, 2.75) is 44.3 Å². The monoisotopic (exact) mass is 287 g/mol. The van der Waals surface area contributed by atoms with Crippen LogP contribution in [-0.2, 0) is 10.3 Å². The summed E-state index contributed by atoms with van der Waals surface area (Å²) >= 11 is 0. The summed E-state index contributed by atoms with van der Waals surface area (Å²) in [5.74, 6) is 0. The molecule has 0 saturated carbocycles. The van der Waals surface area contributed by atoms with E-state index in [0.29, 0.717) is 19.4 Å². The third-order valence-electron chi connectivity index (χ3n) is 4.41. The number of rotatable bonds is 3. The highest BCUT2D eigenvalue weighted by atomic mass is 16.5. The van der Waals surface area contributed by atoms with E-state index in [1.807, 2.05) is 37.3 Å². The fourth-order valence-corrected chi connectivity index (χ4v) is 2.98. The summed E-state index contributed by atoms with van der Waals surface area (Å²) in [5.41, 5.74) is 0.376. The van der Waals surface area contributed by atoms with Crippen LogP contribution < -0.4 is 0 Å². The number of benzene rings is 1. The molecule has 5 nitrogen and oxygen atoms in total. The third-order valence-corrected chi connectivity index (χ3v) is 4.41. The maximum absolute atomic E-state index is 11.2. The number of aliphatic hydroxyl groups is 1. The minimum Gasteiger partial charge on any atom is -0.383 e. The van der Waals surface area contributed by atoms with Gasteiger partial charge in [0.25, 0.3) is 0 Å². The Balaban J connectivity index is 1.99. The second-order valence-corrected chi connectivity index (χ2v) is 5.98. The first-order chi connectivity index (χ1) is 10.1. The predicted molar refractivity (Wildman–Crippen MR) is 79.1 cm³/mol. The molecule has 2 heterocycles. The molecule has 112 valence electrons. The molecule has 1 N–H and O–H groups in total. The van der Waals surface area contributed by atoms with Gasteiger partial charge in [-0.2, -0.15) is 0 Å². The summed E-state index contributed by atoms with van der Waals surface area (Å²) < 4.78 is 7.57. The normalized spacial score (nSPS) is 29.5. The molecule has 1 fully saturated rings. The Bertz CT molecular complexity index is 613. The number of ether oxygens (including phenoxy) is 1. The van der Waals surface area contributed by atoms with E-state index in [1.54, 1.807) is 10.9 Å². The predicted octanol–water partition coefficient (Wildman–Crippen LogP) is 2.43. The van der Waals surface area contributed by atoms with E-state index in [1.165, 1.54) is 0 Å². The van der Waals surface area contributed by atoms with Gasteiger partial charge in [0.05, 0.1) is 29.8 Å². The molecule has 1 saturated heterocycles. The zero-order chi connectivity index (χ0) is 14.9. The second kappa shape index (κ2) is 5.24.